The van der Waals surface area contributed by atoms with Crippen molar-refractivity contribution < 1.29 is 38.1 Å². The molecule has 1 rings (SSSR count). The van der Waals surface area contributed by atoms with E-state index in [1.54, 1.807) is 6.92 Å². The Hall–Kier alpha value is -1.67. The summed E-state index contributed by atoms with van der Waals surface area (Å²) < 4.78 is 26.0. The van der Waals surface area contributed by atoms with Crippen LogP contribution in [0.2, 0.25) is 0 Å². The lowest BCUT2D eigenvalue weighted by atomic mass is 9.99. The maximum Gasteiger partial charge on any atom is 0.305 e. The number of methoxy groups -OCH3 is 1. The number of ether oxygens (including phenoxy) is 5. The smallest absolute Gasteiger partial charge is 0.305 e. The Morgan fingerprint density at radius 1 is 0.810 bits per heavy atom. The van der Waals surface area contributed by atoms with Crippen LogP contribution in [0.15, 0.2) is 0 Å². The molecule has 1 fully saturated rings. The third kappa shape index (κ3) is 4.68. The summed E-state index contributed by atoms with van der Waals surface area (Å²) in [4.78, 5) is 33.5. The van der Waals surface area contributed by atoms with Crippen LogP contribution in [0.3, 0.4) is 0 Å². The molecule has 1 saturated heterocycles. The molecule has 0 saturated carbocycles. The highest BCUT2D eigenvalue weighted by Gasteiger charge is 2.50. The molecule has 120 valence electrons. The minimum Gasteiger partial charge on any atom is -0.457 e. The molecule has 1 aliphatic heterocycles. The molecule has 5 atom stereocenters. The van der Waals surface area contributed by atoms with Crippen LogP contribution in [0, 0.1) is 0 Å². The molecule has 8 nitrogen and oxygen atoms in total. The van der Waals surface area contributed by atoms with E-state index in [1.165, 1.54) is 27.9 Å². The number of carbonyl (C=O) groups excluding carboxylic acids is 3. The van der Waals surface area contributed by atoms with Crippen LogP contribution < -0.4 is 0 Å². The van der Waals surface area contributed by atoms with Gasteiger partial charge in [-0.2, -0.15) is 0 Å². The molecule has 0 aromatic heterocycles. The molecule has 21 heavy (non-hydrogen) atoms. The number of rotatable bonds is 4. The van der Waals surface area contributed by atoms with Gasteiger partial charge in [-0.3, -0.25) is 14.4 Å². The molecule has 0 amide bonds. The van der Waals surface area contributed by atoms with E-state index in [-0.39, 0.29) is 0 Å². The van der Waals surface area contributed by atoms with Gasteiger partial charge >= 0.3 is 17.9 Å². The lowest BCUT2D eigenvalue weighted by molar-refractivity contribution is -0.293. The van der Waals surface area contributed by atoms with Crippen molar-refractivity contribution in [3.63, 3.8) is 0 Å². The molecular formula is C13H20O8. The van der Waals surface area contributed by atoms with Gasteiger partial charge in [0.25, 0.3) is 0 Å². The number of hydrogen-bond donors (Lipinski definition) is 0. The quantitative estimate of drug-likeness (QED) is 0.535. The van der Waals surface area contributed by atoms with E-state index in [4.69, 9.17) is 23.7 Å². The van der Waals surface area contributed by atoms with Crippen molar-refractivity contribution in [2.75, 3.05) is 7.11 Å². The fourth-order valence-electron chi connectivity index (χ4n) is 2.17. The van der Waals surface area contributed by atoms with Crippen molar-refractivity contribution in [3.8, 4) is 0 Å². The zero-order chi connectivity index (χ0) is 16.2. The summed E-state index contributed by atoms with van der Waals surface area (Å²) in [6.07, 6.45) is -4.36. The Labute approximate surface area is 122 Å². The van der Waals surface area contributed by atoms with Crippen LogP contribution in [-0.2, 0) is 38.1 Å². The second-order valence-corrected chi connectivity index (χ2v) is 4.67. The van der Waals surface area contributed by atoms with Crippen LogP contribution in [0.4, 0.5) is 0 Å². The molecule has 0 radical (unpaired) electrons. The van der Waals surface area contributed by atoms with Crippen molar-refractivity contribution in [1.82, 2.24) is 0 Å². The third-order valence-electron chi connectivity index (χ3n) is 2.89. The Morgan fingerprint density at radius 2 is 1.29 bits per heavy atom. The van der Waals surface area contributed by atoms with E-state index in [9.17, 15) is 14.4 Å². The molecule has 0 aromatic rings. The maximum absolute atomic E-state index is 11.2. The monoisotopic (exact) mass is 304 g/mol. The van der Waals surface area contributed by atoms with Gasteiger partial charge < -0.3 is 23.7 Å². The summed E-state index contributed by atoms with van der Waals surface area (Å²) in [5.74, 6) is -1.71. The molecule has 1 aliphatic rings. The predicted octanol–water partition coefficient (Wildman–Crippen LogP) is 0.173. The van der Waals surface area contributed by atoms with Gasteiger partial charge in [-0.25, -0.2) is 0 Å². The Balaban J connectivity index is 3.02. The lowest BCUT2D eigenvalue weighted by Crippen LogP contribution is -2.60. The third-order valence-corrected chi connectivity index (χ3v) is 2.89. The first kappa shape index (κ1) is 17.4. The summed E-state index contributed by atoms with van der Waals surface area (Å²) in [6, 6.07) is 0. The molecule has 0 aliphatic carbocycles. The van der Waals surface area contributed by atoms with Crippen LogP contribution in [-0.4, -0.2) is 55.7 Å². The summed E-state index contributed by atoms with van der Waals surface area (Å²) in [7, 11) is 1.38. The van der Waals surface area contributed by atoms with Gasteiger partial charge in [0.15, 0.2) is 12.2 Å². The van der Waals surface area contributed by atoms with Crippen LogP contribution in [0.1, 0.15) is 27.7 Å². The first-order valence-electron chi connectivity index (χ1n) is 6.46. The van der Waals surface area contributed by atoms with E-state index in [2.05, 4.69) is 0 Å². The van der Waals surface area contributed by atoms with Gasteiger partial charge in [0.2, 0.25) is 6.29 Å². The zero-order valence-electron chi connectivity index (χ0n) is 12.7. The second-order valence-electron chi connectivity index (χ2n) is 4.67. The highest BCUT2D eigenvalue weighted by atomic mass is 16.7. The van der Waals surface area contributed by atoms with Crippen molar-refractivity contribution in [1.29, 1.82) is 0 Å². The molecule has 1 heterocycles. The Kier molecular flexibility index (Phi) is 6.10. The zero-order valence-corrected chi connectivity index (χ0v) is 12.7. The molecule has 8 heteroatoms. The fourth-order valence-corrected chi connectivity index (χ4v) is 2.17. The summed E-state index contributed by atoms with van der Waals surface area (Å²) in [5.41, 5.74) is 0. The highest BCUT2D eigenvalue weighted by Crippen LogP contribution is 2.28. The van der Waals surface area contributed by atoms with Gasteiger partial charge in [0.05, 0.1) is 6.10 Å². The van der Waals surface area contributed by atoms with Crippen molar-refractivity contribution in [2.24, 2.45) is 0 Å². The SMILES string of the molecule is CO[C@@H]1[C@@H](OC(C)=O)[C@@H](OC(C)=O)O[C@H](C)[C@H]1OC(C)=O. The fraction of sp³-hybridized carbons (Fsp3) is 0.769. The van der Waals surface area contributed by atoms with Gasteiger partial charge in [-0.05, 0) is 6.92 Å². The maximum atomic E-state index is 11.2. The van der Waals surface area contributed by atoms with Crippen molar-refractivity contribution in [2.45, 2.75) is 58.4 Å². The van der Waals surface area contributed by atoms with Gasteiger partial charge in [-0.1, -0.05) is 0 Å². The summed E-state index contributed by atoms with van der Waals surface area (Å²) in [6.45, 7) is 5.30. The predicted molar refractivity (Wildman–Crippen MR) is 68.0 cm³/mol. The van der Waals surface area contributed by atoms with Gasteiger partial charge in [0, 0.05) is 27.9 Å². The molecule has 0 unspecified atom stereocenters. The molecular weight excluding hydrogens is 284 g/mol. The van der Waals surface area contributed by atoms with E-state index >= 15 is 0 Å². The lowest BCUT2D eigenvalue weighted by Gasteiger charge is -2.42. The molecule has 0 aromatic carbocycles. The average molecular weight is 304 g/mol. The minimum absolute atomic E-state index is 0.523. The van der Waals surface area contributed by atoms with E-state index in [1.807, 2.05) is 0 Å². The van der Waals surface area contributed by atoms with Crippen LogP contribution in [0.25, 0.3) is 0 Å². The molecule has 0 bridgehead atoms. The molecule has 0 spiro atoms. The normalized spacial score (nSPS) is 32.1. The first-order valence-corrected chi connectivity index (χ1v) is 6.46. The van der Waals surface area contributed by atoms with Crippen LogP contribution in [0.5, 0.6) is 0 Å². The summed E-state index contributed by atoms with van der Waals surface area (Å²) >= 11 is 0. The topological polar surface area (TPSA) is 97.4 Å². The van der Waals surface area contributed by atoms with E-state index in [0.717, 1.165) is 0 Å². The van der Waals surface area contributed by atoms with Crippen LogP contribution >= 0.6 is 0 Å². The van der Waals surface area contributed by atoms with Crippen molar-refractivity contribution in [3.05, 3.63) is 0 Å². The van der Waals surface area contributed by atoms with E-state index in [0.29, 0.717) is 0 Å². The number of hydrogen-bond acceptors (Lipinski definition) is 8. The average Bonchev–Trinajstić information content (AvgIpc) is 2.33. The molecule has 0 N–H and O–H groups in total. The highest BCUT2D eigenvalue weighted by molar-refractivity contribution is 5.67. The first-order chi connectivity index (χ1) is 9.76. The van der Waals surface area contributed by atoms with Gasteiger partial charge in [0.1, 0.15) is 6.10 Å². The van der Waals surface area contributed by atoms with Crippen molar-refractivity contribution >= 4 is 17.9 Å². The summed E-state index contributed by atoms with van der Waals surface area (Å²) in [5, 5.41) is 0. The number of carbonyl (C=O) groups is 3. The number of esters is 3. The van der Waals surface area contributed by atoms with E-state index < -0.39 is 48.6 Å². The Bertz CT molecular complexity index is 407. The minimum atomic E-state index is -1.13. The Morgan fingerprint density at radius 3 is 1.71 bits per heavy atom. The largest absolute Gasteiger partial charge is 0.457 e. The standard InChI is InChI=1S/C13H20O8/c1-6-10(19-7(2)14)11(17-5)12(20-8(3)15)13(18-6)21-9(4)16/h6,10-13H,1-5H3/t6-,10-,11+,12-,13-/m1/s1. The van der Waals surface area contributed by atoms with Gasteiger partial charge in [-0.15, -0.1) is 0 Å². The second kappa shape index (κ2) is 7.37.